The van der Waals surface area contributed by atoms with Crippen LogP contribution in [0.2, 0.25) is 0 Å². The summed E-state index contributed by atoms with van der Waals surface area (Å²) in [6, 6.07) is 0. The molecule has 0 fully saturated rings. The Morgan fingerprint density at radius 1 is 1.17 bits per heavy atom. The van der Waals surface area contributed by atoms with Crippen LogP contribution >= 0.6 is 0 Å². The predicted octanol–water partition coefficient (Wildman–Crippen LogP) is 4.26. The molecule has 0 rings (SSSR count). The van der Waals surface area contributed by atoms with Gasteiger partial charge in [-0.05, 0) is 40.0 Å². The molecule has 0 nitrogen and oxygen atoms in total. The zero-order valence-corrected chi connectivity index (χ0v) is 8.61. The van der Waals surface area contributed by atoms with Gasteiger partial charge in [0, 0.05) is 0 Å². The molecule has 68 valence electrons. The van der Waals surface area contributed by atoms with E-state index in [1.54, 1.807) is 0 Å². The Balaban J connectivity index is 3.58. The van der Waals surface area contributed by atoms with Crippen LogP contribution in [0.1, 0.15) is 40.0 Å². The van der Waals surface area contributed by atoms with E-state index in [9.17, 15) is 0 Å². The second-order valence-corrected chi connectivity index (χ2v) is 3.37. The molecule has 0 unspecified atom stereocenters. The van der Waals surface area contributed by atoms with Gasteiger partial charge in [0.1, 0.15) is 0 Å². The van der Waals surface area contributed by atoms with Gasteiger partial charge in [-0.15, -0.1) is 0 Å². The normalized spacial score (nSPS) is 11.4. The maximum absolute atomic E-state index is 3.96. The van der Waals surface area contributed by atoms with Gasteiger partial charge in [-0.25, -0.2) is 0 Å². The van der Waals surface area contributed by atoms with E-state index in [0.29, 0.717) is 0 Å². The Kier molecular flexibility index (Phi) is 5.44. The monoisotopic (exact) mass is 164 g/mol. The molecule has 0 aromatic rings. The van der Waals surface area contributed by atoms with Gasteiger partial charge >= 0.3 is 0 Å². The molecule has 0 spiro atoms. The van der Waals surface area contributed by atoms with E-state index in [-0.39, 0.29) is 0 Å². The summed E-state index contributed by atoms with van der Waals surface area (Å²) >= 11 is 0. The summed E-state index contributed by atoms with van der Waals surface area (Å²) in [5, 5.41) is 0. The van der Waals surface area contributed by atoms with E-state index in [1.165, 1.54) is 24.0 Å². The van der Waals surface area contributed by atoms with Crippen molar-refractivity contribution in [3.05, 3.63) is 36.0 Å². The lowest BCUT2D eigenvalue weighted by atomic mass is 10.0. The largest absolute Gasteiger partial charge is 0.0959 e. The minimum atomic E-state index is 1.08. The maximum Gasteiger partial charge on any atom is -0.0279 e. The molecule has 0 saturated heterocycles. The summed E-state index contributed by atoms with van der Waals surface area (Å²) in [5.41, 5.74) is 3.77. The molecule has 0 aliphatic heterocycles. The standard InChI is InChI=1S/C12H20/c1-6-11(4)8-7-9-12(5)10(2)3/h6H,2,5,7-9H2,1,3-4H3. The fourth-order valence-electron chi connectivity index (χ4n) is 0.938. The molecule has 0 aromatic carbocycles. The Hall–Kier alpha value is -0.780. The molecule has 0 heterocycles. The third-order valence-electron chi connectivity index (χ3n) is 2.15. The van der Waals surface area contributed by atoms with E-state index in [4.69, 9.17) is 0 Å². The third-order valence-corrected chi connectivity index (χ3v) is 2.15. The van der Waals surface area contributed by atoms with E-state index < -0.39 is 0 Å². The Labute approximate surface area is 76.7 Å². The van der Waals surface area contributed by atoms with Gasteiger partial charge in [0.15, 0.2) is 0 Å². The van der Waals surface area contributed by atoms with Crippen LogP contribution in [0.3, 0.4) is 0 Å². The lowest BCUT2D eigenvalue weighted by Gasteiger charge is -2.04. The zero-order chi connectivity index (χ0) is 9.56. The van der Waals surface area contributed by atoms with Gasteiger partial charge in [0.05, 0.1) is 0 Å². The highest BCUT2D eigenvalue weighted by molar-refractivity contribution is 5.22. The fraction of sp³-hybridized carbons (Fsp3) is 0.500. The SMILES string of the molecule is C=C(C)C(=C)CCCC(C)=CC. The lowest BCUT2D eigenvalue weighted by molar-refractivity contribution is 0.808. The molecule has 0 atom stereocenters. The first kappa shape index (κ1) is 11.2. The van der Waals surface area contributed by atoms with Crippen LogP contribution in [0.5, 0.6) is 0 Å². The van der Waals surface area contributed by atoms with E-state index in [0.717, 1.165) is 12.0 Å². The van der Waals surface area contributed by atoms with Crippen molar-refractivity contribution in [3.8, 4) is 0 Å². The molecular weight excluding hydrogens is 144 g/mol. The second kappa shape index (κ2) is 5.82. The van der Waals surface area contributed by atoms with Crippen molar-refractivity contribution in [3.63, 3.8) is 0 Å². The topological polar surface area (TPSA) is 0 Å². The minimum absolute atomic E-state index is 1.08. The summed E-state index contributed by atoms with van der Waals surface area (Å²) in [6.07, 6.45) is 5.63. The van der Waals surface area contributed by atoms with Crippen molar-refractivity contribution >= 4 is 0 Å². The predicted molar refractivity (Wildman–Crippen MR) is 57.2 cm³/mol. The van der Waals surface area contributed by atoms with Crippen LogP contribution in [-0.2, 0) is 0 Å². The van der Waals surface area contributed by atoms with Crippen molar-refractivity contribution in [2.24, 2.45) is 0 Å². The Morgan fingerprint density at radius 2 is 1.75 bits per heavy atom. The average Bonchev–Trinajstić information content (AvgIpc) is 2.03. The first-order valence-electron chi connectivity index (χ1n) is 4.53. The van der Waals surface area contributed by atoms with E-state index >= 15 is 0 Å². The van der Waals surface area contributed by atoms with Gasteiger partial charge in [-0.3, -0.25) is 0 Å². The summed E-state index contributed by atoms with van der Waals surface area (Å²) in [4.78, 5) is 0. The fourth-order valence-corrected chi connectivity index (χ4v) is 0.938. The maximum atomic E-state index is 3.96. The van der Waals surface area contributed by atoms with Crippen LogP contribution in [0.4, 0.5) is 0 Å². The molecule has 12 heavy (non-hydrogen) atoms. The molecule has 0 aliphatic rings. The van der Waals surface area contributed by atoms with Crippen LogP contribution in [0.25, 0.3) is 0 Å². The summed E-state index contributed by atoms with van der Waals surface area (Å²) < 4.78 is 0. The van der Waals surface area contributed by atoms with Gasteiger partial charge in [-0.2, -0.15) is 0 Å². The average molecular weight is 164 g/mol. The zero-order valence-electron chi connectivity index (χ0n) is 8.61. The quantitative estimate of drug-likeness (QED) is 0.421. The van der Waals surface area contributed by atoms with Gasteiger partial charge in [0.2, 0.25) is 0 Å². The van der Waals surface area contributed by atoms with Crippen LogP contribution in [-0.4, -0.2) is 0 Å². The summed E-state index contributed by atoms with van der Waals surface area (Å²) in [7, 11) is 0. The number of hydrogen-bond acceptors (Lipinski definition) is 0. The lowest BCUT2D eigenvalue weighted by Crippen LogP contribution is -1.84. The van der Waals surface area contributed by atoms with Crippen molar-refractivity contribution in [2.45, 2.75) is 40.0 Å². The summed E-state index contributed by atoms with van der Waals surface area (Å²) in [5.74, 6) is 0. The molecule has 0 N–H and O–H groups in total. The summed E-state index contributed by atoms with van der Waals surface area (Å²) in [6.45, 7) is 14.1. The van der Waals surface area contributed by atoms with Crippen molar-refractivity contribution in [1.82, 2.24) is 0 Å². The van der Waals surface area contributed by atoms with Crippen molar-refractivity contribution < 1.29 is 0 Å². The van der Waals surface area contributed by atoms with E-state index in [1.807, 2.05) is 6.92 Å². The first-order chi connectivity index (χ1) is 5.57. The number of allylic oxidation sites excluding steroid dienone is 4. The number of hydrogen-bond donors (Lipinski definition) is 0. The molecule has 0 saturated carbocycles. The van der Waals surface area contributed by atoms with Crippen LogP contribution in [0, 0.1) is 0 Å². The molecule has 0 heteroatoms. The van der Waals surface area contributed by atoms with Crippen molar-refractivity contribution in [2.75, 3.05) is 0 Å². The molecular formula is C12H20. The Bertz CT molecular complexity index is 194. The highest BCUT2D eigenvalue weighted by Gasteiger charge is 1.95. The van der Waals surface area contributed by atoms with Gasteiger partial charge in [-0.1, -0.05) is 36.0 Å². The van der Waals surface area contributed by atoms with Crippen LogP contribution in [0.15, 0.2) is 36.0 Å². The first-order valence-corrected chi connectivity index (χ1v) is 4.53. The highest BCUT2D eigenvalue weighted by Crippen LogP contribution is 2.15. The minimum Gasteiger partial charge on any atom is -0.0959 e. The smallest absolute Gasteiger partial charge is 0.0279 e. The Morgan fingerprint density at radius 3 is 2.17 bits per heavy atom. The molecule has 0 aliphatic carbocycles. The van der Waals surface area contributed by atoms with Crippen LogP contribution < -0.4 is 0 Å². The van der Waals surface area contributed by atoms with E-state index in [2.05, 4.69) is 33.1 Å². The van der Waals surface area contributed by atoms with Gasteiger partial charge < -0.3 is 0 Å². The highest BCUT2D eigenvalue weighted by atomic mass is 14.0. The molecule has 0 radical (unpaired) electrons. The third kappa shape index (κ3) is 4.95. The molecule has 0 aromatic heterocycles. The molecule has 0 amide bonds. The second-order valence-electron chi connectivity index (χ2n) is 3.37. The van der Waals surface area contributed by atoms with Gasteiger partial charge in [0.25, 0.3) is 0 Å². The molecule has 0 bridgehead atoms. The van der Waals surface area contributed by atoms with Crippen molar-refractivity contribution in [1.29, 1.82) is 0 Å². The number of rotatable bonds is 5.